The molecule has 100 valence electrons. The second-order valence-electron chi connectivity index (χ2n) is 4.14. The van der Waals surface area contributed by atoms with Gasteiger partial charge >= 0.3 is 0 Å². The Morgan fingerprint density at radius 1 is 1.16 bits per heavy atom. The molecule has 5 heteroatoms. The summed E-state index contributed by atoms with van der Waals surface area (Å²) in [5.41, 5.74) is 1.19. The van der Waals surface area contributed by atoms with Crippen LogP contribution in [0, 0.1) is 11.6 Å². The summed E-state index contributed by atoms with van der Waals surface area (Å²) in [7, 11) is 0. The molecular weight excluding hydrogens is 250 g/mol. The molecule has 0 aliphatic carbocycles. The van der Waals surface area contributed by atoms with Gasteiger partial charge in [0.1, 0.15) is 0 Å². The third-order valence-corrected chi connectivity index (χ3v) is 2.70. The summed E-state index contributed by atoms with van der Waals surface area (Å²) in [5.74, 6) is -1.88. The van der Waals surface area contributed by atoms with Crippen molar-refractivity contribution in [3.8, 4) is 0 Å². The summed E-state index contributed by atoms with van der Waals surface area (Å²) >= 11 is 0. The number of nitrogens with one attached hydrogen (secondary N) is 1. The first-order valence-corrected chi connectivity index (χ1v) is 5.90. The Labute approximate surface area is 109 Å². The number of nitrogens with zero attached hydrogens (tertiary/aromatic N) is 1. The minimum absolute atomic E-state index is 0.238. The Morgan fingerprint density at radius 2 is 2.00 bits per heavy atom. The third-order valence-electron chi connectivity index (χ3n) is 2.70. The van der Waals surface area contributed by atoms with Crippen molar-refractivity contribution >= 4 is 0 Å². The predicted octanol–water partition coefficient (Wildman–Crippen LogP) is 2.18. The van der Waals surface area contributed by atoms with Crippen LogP contribution in [-0.2, 0) is 6.54 Å². The van der Waals surface area contributed by atoms with Crippen LogP contribution in [0.1, 0.15) is 17.4 Å². The van der Waals surface area contributed by atoms with Gasteiger partial charge in [-0.3, -0.25) is 4.98 Å². The Balaban J connectivity index is 1.87. The number of hydrogen-bond acceptors (Lipinski definition) is 3. The average Bonchev–Trinajstić information content (AvgIpc) is 2.43. The van der Waals surface area contributed by atoms with E-state index in [1.54, 1.807) is 6.20 Å². The number of hydrogen-bond donors (Lipinski definition) is 2. The van der Waals surface area contributed by atoms with Crippen molar-refractivity contribution in [2.24, 2.45) is 0 Å². The van der Waals surface area contributed by atoms with Crippen LogP contribution in [0.4, 0.5) is 8.78 Å². The first-order chi connectivity index (χ1) is 9.16. The molecule has 19 heavy (non-hydrogen) atoms. The summed E-state index contributed by atoms with van der Waals surface area (Å²) in [5, 5.41) is 12.8. The van der Waals surface area contributed by atoms with E-state index in [0.29, 0.717) is 12.1 Å². The van der Waals surface area contributed by atoms with Crippen molar-refractivity contribution in [3.05, 3.63) is 65.5 Å². The summed E-state index contributed by atoms with van der Waals surface area (Å²) in [6.07, 6.45) is 0.793. The fourth-order valence-electron chi connectivity index (χ4n) is 1.68. The summed E-state index contributed by atoms with van der Waals surface area (Å²) in [4.78, 5) is 4.12. The molecule has 1 aromatic heterocycles. The molecule has 0 saturated carbocycles. The van der Waals surface area contributed by atoms with Crippen LogP contribution in [-0.4, -0.2) is 16.6 Å². The molecule has 0 radical (unpaired) electrons. The topological polar surface area (TPSA) is 45.1 Å². The van der Waals surface area contributed by atoms with Gasteiger partial charge in [0.2, 0.25) is 0 Å². The van der Waals surface area contributed by atoms with Crippen LogP contribution in [0.15, 0.2) is 42.6 Å². The van der Waals surface area contributed by atoms with Crippen molar-refractivity contribution < 1.29 is 13.9 Å². The molecule has 1 unspecified atom stereocenters. The van der Waals surface area contributed by atoms with Crippen molar-refractivity contribution in [1.29, 1.82) is 0 Å². The Kier molecular flexibility index (Phi) is 4.54. The Morgan fingerprint density at radius 3 is 2.68 bits per heavy atom. The minimum atomic E-state index is -0.957. The van der Waals surface area contributed by atoms with Gasteiger partial charge in [0.15, 0.2) is 11.6 Å². The Hall–Kier alpha value is -1.85. The lowest BCUT2D eigenvalue weighted by atomic mass is 10.1. The van der Waals surface area contributed by atoms with Gasteiger partial charge in [-0.15, -0.1) is 0 Å². The smallest absolute Gasteiger partial charge is 0.159 e. The molecule has 1 heterocycles. The molecule has 1 aromatic carbocycles. The summed E-state index contributed by atoms with van der Waals surface area (Å²) in [6.45, 7) is 0.739. The van der Waals surface area contributed by atoms with Gasteiger partial charge in [-0.1, -0.05) is 12.1 Å². The van der Waals surface area contributed by atoms with E-state index in [2.05, 4.69) is 10.3 Å². The number of aliphatic hydroxyl groups excluding tert-OH is 1. The van der Waals surface area contributed by atoms with E-state index in [9.17, 15) is 13.9 Å². The molecule has 0 fully saturated rings. The molecule has 2 N–H and O–H groups in total. The summed E-state index contributed by atoms with van der Waals surface area (Å²) < 4.78 is 25.8. The predicted molar refractivity (Wildman–Crippen MR) is 67.3 cm³/mol. The monoisotopic (exact) mass is 264 g/mol. The van der Waals surface area contributed by atoms with E-state index in [-0.39, 0.29) is 6.54 Å². The van der Waals surface area contributed by atoms with Crippen LogP contribution >= 0.6 is 0 Å². The van der Waals surface area contributed by atoms with Gasteiger partial charge in [0.05, 0.1) is 11.8 Å². The molecule has 0 amide bonds. The van der Waals surface area contributed by atoms with Crippen LogP contribution in [0.3, 0.4) is 0 Å². The third kappa shape index (κ3) is 3.81. The molecule has 1 atom stereocenters. The van der Waals surface area contributed by atoms with E-state index >= 15 is 0 Å². The molecule has 3 nitrogen and oxygen atoms in total. The first kappa shape index (κ1) is 13.6. The van der Waals surface area contributed by atoms with Crippen molar-refractivity contribution in [3.63, 3.8) is 0 Å². The van der Waals surface area contributed by atoms with Crippen LogP contribution in [0.2, 0.25) is 0 Å². The second kappa shape index (κ2) is 6.36. The molecule has 0 aliphatic heterocycles. The largest absolute Gasteiger partial charge is 0.387 e. The highest BCUT2D eigenvalue weighted by Gasteiger charge is 2.10. The molecule has 0 bridgehead atoms. The zero-order valence-electron chi connectivity index (χ0n) is 10.2. The second-order valence-corrected chi connectivity index (χ2v) is 4.14. The maximum Gasteiger partial charge on any atom is 0.159 e. The maximum absolute atomic E-state index is 13.0. The number of benzene rings is 1. The fourth-order valence-corrected chi connectivity index (χ4v) is 1.68. The highest BCUT2D eigenvalue weighted by molar-refractivity contribution is 5.20. The molecule has 0 spiro atoms. The highest BCUT2D eigenvalue weighted by Crippen LogP contribution is 2.15. The fraction of sp³-hybridized carbons (Fsp3) is 0.214. The lowest BCUT2D eigenvalue weighted by Gasteiger charge is -2.12. The van der Waals surface area contributed by atoms with Crippen molar-refractivity contribution in [2.75, 3.05) is 6.54 Å². The number of aromatic nitrogens is 1. The van der Waals surface area contributed by atoms with Gasteiger partial charge in [-0.2, -0.15) is 0 Å². The zero-order valence-corrected chi connectivity index (χ0v) is 10.2. The zero-order chi connectivity index (χ0) is 13.7. The van der Waals surface area contributed by atoms with Crippen LogP contribution < -0.4 is 5.32 Å². The minimum Gasteiger partial charge on any atom is -0.387 e. The van der Waals surface area contributed by atoms with E-state index in [4.69, 9.17) is 0 Å². The standard InChI is InChI=1S/C14H14F2N2O/c15-12-5-4-10(7-13(12)16)14(19)9-17-8-11-3-1-2-6-18-11/h1-7,14,17,19H,8-9H2. The SMILES string of the molecule is OC(CNCc1ccccn1)c1ccc(F)c(F)c1. The lowest BCUT2D eigenvalue weighted by molar-refractivity contribution is 0.173. The summed E-state index contributed by atoms with van der Waals surface area (Å²) in [6, 6.07) is 8.92. The average molecular weight is 264 g/mol. The first-order valence-electron chi connectivity index (χ1n) is 5.90. The maximum atomic E-state index is 13.0. The number of aliphatic hydroxyl groups is 1. The van der Waals surface area contributed by atoms with Gasteiger partial charge in [0, 0.05) is 19.3 Å². The van der Waals surface area contributed by atoms with Gasteiger partial charge < -0.3 is 10.4 Å². The van der Waals surface area contributed by atoms with Gasteiger partial charge in [-0.05, 0) is 29.8 Å². The van der Waals surface area contributed by atoms with Crippen LogP contribution in [0.5, 0.6) is 0 Å². The molecule has 0 aliphatic rings. The quantitative estimate of drug-likeness (QED) is 0.870. The number of halogens is 2. The molecular formula is C14H14F2N2O. The molecule has 0 saturated heterocycles. The van der Waals surface area contributed by atoms with Crippen molar-refractivity contribution in [1.82, 2.24) is 10.3 Å². The van der Waals surface area contributed by atoms with E-state index < -0.39 is 17.7 Å². The highest BCUT2D eigenvalue weighted by atomic mass is 19.2. The van der Waals surface area contributed by atoms with Crippen molar-refractivity contribution in [2.45, 2.75) is 12.6 Å². The molecule has 2 aromatic rings. The van der Waals surface area contributed by atoms with Crippen LogP contribution in [0.25, 0.3) is 0 Å². The van der Waals surface area contributed by atoms with Gasteiger partial charge in [-0.25, -0.2) is 8.78 Å². The molecule has 2 rings (SSSR count). The number of rotatable bonds is 5. The van der Waals surface area contributed by atoms with E-state index in [0.717, 1.165) is 17.8 Å². The van der Waals surface area contributed by atoms with E-state index in [1.165, 1.54) is 6.07 Å². The normalized spacial score (nSPS) is 12.4. The lowest BCUT2D eigenvalue weighted by Crippen LogP contribution is -2.21. The van der Waals surface area contributed by atoms with E-state index in [1.807, 2.05) is 18.2 Å². The van der Waals surface area contributed by atoms with Gasteiger partial charge in [0.25, 0.3) is 0 Å². The Bertz CT molecular complexity index is 534. The number of pyridine rings is 1.